The second kappa shape index (κ2) is 3.58. The number of aryl methyl sites for hydroxylation is 1. The molecule has 0 aliphatic carbocycles. The van der Waals surface area contributed by atoms with E-state index in [0.29, 0.717) is 18.1 Å². The normalized spacial score (nSPS) is 11.0. The van der Waals surface area contributed by atoms with E-state index in [1.165, 1.54) is 0 Å². The number of rotatable bonds is 3. The molecule has 0 bridgehead atoms. The van der Waals surface area contributed by atoms with Crippen LogP contribution in [0.2, 0.25) is 0 Å². The van der Waals surface area contributed by atoms with Crippen LogP contribution in [0, 0.1) is 6.92 Å². The molecule has 0 amide bonds. The maximum atomic E-state index is 10.6. The van der Waals surface area contributed by atoms with Gasteiger partial charge in [-0.2, -0.15) is 0 Å². The Bertz CT molecular complexity index is 299. The Balaban J connectivity index is 2.75. The first-order valence-electron chi connectivity index (χ1n) is 3.91. The SMILES string of the molecule is CCN(C)Cc1oc(=O)oc1C. The largest absolute Gasteiger partial charge is 0.519 e. The Hall–Kier alpha value is -1.03. The van der Waals surface area contributed by atoms with Crippen LogP contribution in [0.5, 0.6) is 0 Å². The van der Waals surface area contributed by atoms with Crippen LogP contribution in [0.3, 0.4) is 0 Å². The van der Waals surface area contributed by atoms with Crippen molar-refractivity contribution in [2.75, 3.05) is 13.6 Å². The molecule has 0 spiro atoms. The van der Waals surface area contributed by atoms with E-state index in [4.69, 9.17) is 8.83 Å². The van der Waals surface area contributed by atoms with Crippen LogP contribution < -0.4 is 5.82 Å². The van der Waals surface area contributed by atoms with Gasteiger partial charge < -0.3 is 8.83 Å². The van der Waals surface area contributed by atoms with E-state index in [1.54, 1.807) is 6.92 Å². The molecular weight excluding hydrogens is 158 g/mol. The van der Waals surface area contributed by atoms with E-state index in [9.17, 15) is 4.79 Å². The van der Waals surface area contributed by atoms with Crippen molar-refractivity contribution in [1.29, 1.82) is 0 Å². The standard InChI is InChI=1S/C8H13NO3/c1-4-9(3)5-7-6(2)11-8(10)12-7/h4-5H2,1-3H3. The third kappa shape index (κ3) is 1.98. The molecule has 4 nitrogen and oxygen atoms in total. The van der Waals surface area contributed by atoms with Gasteiger partial charge in [-0.05, 0) is 20.5 Å². The summed E-state index contributed by atoms with van der Waals surface area (Å²) in [6.45, 7) is 5.29. The average Bonchev–Trinajstić information content (AvgIpc) is 2.30. The van der Waals surface area contributed by atoms with Crippen LogP contribution in [0.1, 0.15) is 18.4 Å². The second-order valence-electron chi connectivity index (χ2n) is 2.76. The van der Waals surface area contributed by atoms with Gasteiger partial charge in [0.1, 0.15) is 5.76 Å². The van der Waals surface area contributed by atoms with E-state index >= 15 is 0 Å². The van der Waals surface area contributed by atoms with Gasteiger partial charge in [0.2, 0.25) is 0 Å². The lowest BCUT2D eigenvalue weighted by Crippen LogP contribution is -2.16. The Morgan fingerprint density at radius 2 is 2.08 bits per heavy atom. The summed E-state index contributed by atoms with van der Waals surface area (Å²) in [6, 6.07) is 0. The smallest absolute Gasteiger partial charge is 0.396 e. The number of hydrogen-bond donors (Lipinski definition) is 0. The minimum Gasteiger partial charge on any atom is -0.396 e. The molecule has 0 N–H and O–H groups in total. The summed E-state index contributed by atoms with van der Waals surface area (Å²) < 4.78 is 9.53. The molecule has 0 aliphatic heterocycles. The summed E-state index contributed by atoms with van der Waals surface area (Å²) in [4.78, 5) is 12.7. The minimum absolute atomic E-state index is 0.570. The quantitative estimate of drug-likeness (QED) is 0.680. The van der Waals surface area contributed by atoms with E-state index in [2.05, 4.69) is 0 Å². The van der Waals surface area contributed by atoms with Gasteiger partial charge in [0.25, 0.3) is 0 Å². The van der Waals surface area contributed by atoms with Gasteiger partial charge in [-0.25, -0.2) is 4.79 Å². The molecule has 0 fully saturated rings. The van der Waals surface area contributed by atoms with Crippen LogP contribution in [-0.2, 0) is 6.54 Å². The van der Waals surface area contributed by atoms with Gasteiger partial charge in [0.15, 0.2) is 5.76 Å². The van der Waals surface area contributed by atoms with E-state index in [0.717, 1.165) is 6.54 Å². The summed E-state index contributed by atoms with van der Waals surface area (Å²) >= 11 is 0. The first kappa shape index (κ1) is 9.06. The van der Waals surface area contributed by atoms with Crippen LogP contribution >= 0.6 is 0 Å². The van der Waals surface area contributed by atoms with Gasteiger partial charge >= 0.3 is 5.82 Å². The molecule has 1 heterocycles. The summed E-state index contributed by atoms with van der Waals surface area (Å²) in [5, 5.41) is 0. The molecule has 12 heavy (non-hydrogen) atoms. The van der Waals surface area contributed by atoms with Crippen molar-refractivity contribution in [3.05, 3.63) is 22.1 Å². The molecular formula is C8H13NO3. The van der Waals surface area contributed by atoms with Gasteiger partial charge in [-0.3, -0.25) is 4.90 Å². The maximum absolute atomic E-state index is 10.6. The van der Waals surface area contributed by atoms with Gasteiger partial charge in [-0.15, -0.1) is 0 Å². The lowest BCUT2D eigenvalue weighted by molar-refractivity contribution is 0.297. The van der Waals surface area contributed by atoms with Crippen molar-refractivity contribution >= 4 is 0 Å². The highest BCUT2D eigenvalue weighted by Gasteiger charge is 2.09. The fraction of sp³-hybridized carbons (Fsp3) is 0.625. The molecule has 0 saturated heterocycles. The Labute approximate surface area is 70.8 Å². The minimum atomic E-state index is -0.619. The Kier molecular flexibility index (Phi) is 2.70. The summed E-state index contributed by atoms with van der Waals surface area (Å²) in [5.41, 5.74) is 0. The molecule has 0 atom stereocenters. The van der Waals surface area contributed by atoms with Crippen LogP contribution in [0.15, 0.2) is 13.6 Å². The third-order valence-corrected chi connectivity index (χ3v) is 1.79. The van der Waals surface area contributed by atoms with E-state index < -0.39 is 5.82 Å². The molecule has 4 heteroatoms. The Morgan fingerprint density at radius 3 is 2.50 bits per heavy atom. The van der Waals surface area contributed by atoms with E-state index in [-0.39, 0.29) is 0 Å². The summed E-state index contributed by atoms with van der Waals surface area (Å²) in [5.74, 6) is 0.566. The van der Waals surface area contributed by atoms with Crippen molar-refractivity contribution in [3.8, 4) is 0 Å². The highest BCUT2D eigenvalue weighted by Crippen LogP contribution is 2.06. The second-order valence-corrected chi connectivity index (χ2v) is 2.76. The predicted octanol–water partition coefficient (Wildman–Crippen LogP) is 0.993. The number of hydrogen-bond acceptors (Lipinski definition) is 4. The van der Waals surface area contributed by atoms with Crippen LogP contribution in [-0.4, -0.2) is 18.5 Å². The van der Waals surface area contributed by atoms with Crippen molar-refractivity contribution < 1.29 is 8.83 Å². The van der Waals surface area contributed by atoms with E-state index in [1.807, 2.05) is 18.9 Å². The lowest BCUT2D eigenvalue weighted by Gasteiger charge is -2.10. The molecule has 0 aromatic carbocycles. The van der Waals surface area contributed by atoms with Crippen molar-refractivity contribution in [2.24, 2.45) is 0 Å². The maximum Gasteiger partial charge on any atom is 0.519 e. The highest BCUT2D eigenvalue weighted by atomic mass is 16.6. The monoisotopic (exact) mass is 171 g/mol. The number of nitrogens with zero attached hydrogens (tertiary/aromatic N) is 1. The zero-order valence-corrected chi connectivity index (χ0v) is 7.59. The van der Waals surface area contributed by atoms with Gasteiger partial charge in [0, 0.05) is 0 Å². The lowest BCUT2D eigenvalue weighted by atomic mass is 10.3. The first-order chi connectivity index (χ1) is 5.63. The molecule has 0 radical (unpaired) electrons. The molecule has 0 unspecified atom stereocenters. The molecule has 1 aromatic rings. The van der Waals surface area contributed by atoms with Gasteiger partial charge in [-0.1, -0.05) is 6.92 Å². The third-order valence-electron chi connectivity index (χ3n) is 1.79. The van der Waals surface area contributed by atoms with Crippen LogP contribution in [0.25, 0.3) is 0 Å². The summed E-state index contributed by atoms with van der Waals surface area (Å²) in [7, 11) is 1.95. The average molecular weight is 171 g/mol. The van der Waals surface area contributed by atoms with Crippen LogP contribution in [0.4, 0.5) is 0 Å². The molecule has 1 rings (SSSR count). The molecule has 1 aromatic heterocycles. The van der Waals surface area contributed by atoms with Crippen molar-refractivity contribution in [3.63, 3.8) is 0 Å². The fourth-order valence-electron chi connectivity index (χ4n) is 0.876. The van der Waals surface area contributed by atoms with Crippen molar-refractivity contribution in [1.82, 2.24) is 4.90 Å². The Morgan fingerprint density at radius 1 is 1.42 bits per heavy atom. The zero-order chi connectivity index (χ0) is 9.14. The molecule has 0 saturated carbocycles. The molecule has 68 valence electrons. The zero-order valence-electron chi connectivity index (χ0n) is 7.59. The van der Waals surface area contributed by atoms with Crippen molar-refractivity contribution in [2.45, 2.75) is 20.4 Å². The predicted molar refractivity (Wildman–Crippen MR) is 44.0 cm³/mol. The molecule has 0 aliphatic rings. The fourth-order valence-corrected chi connectivity index (χ4v) is 0.876. The first-order valence-corrected chi connectivity index (χ1v) is 3.91. The van der Waals surface area contributed by atoms with Gasteiger partial charge in [0.05, 0.1) is 6.54 Å². The summed E-state index contributed by atoms with van der Waals surface area (Å²) in [6.07, 6.45) is 0. The topological polar surface area (TPSA) is 46.6 Å². The highest BCUT2D eigenvalue weighted by molar-refractivity contribution is 4.99.